The van der Waals surface area contributed by atoms with Gasteiger partial charge in [0.1, 0.15) is 6.10 Å². The van der Waals surface area contributed by atoms with Gasteiger partial charge in [-0.15, -0.1) is 11.3 Å². The van der Waals surface area contributed by atoms with Crippen LogP contribution in [0, 0.1) is 0 Å². The van der Waals surface area contributed by atoms with E-state index in [-0.39, 0.29) is 6.10 Å². The maximum Gasteiger partial charge on any atom is 0.119 e. The van der Waals surface area contributed by atoms with E-state index >= 15 is 0 Å². The van der Waals surface area contributed by atoms with Crippen molar-refractivity contribution in [1.82, 2.24) is 10.3 Å². The van der Waals surface area contributed by atoms with Gasteiger partial charge in [0.2, 0.25) is 0 Å². The summed E-state index contributed by atoms with van der Waals surface area (Å²) in [5.74, 6) is 0. The first kappa shape index (κ1) is 12.8. The maximum atomic E-state index is 6.35. The van der Waals surface area contributed by atoms with Crippen molar-refractivity contribution >= 4 is 11.3 Å². The second-order valence-corrected chi connectivity index (χ2v) is 5.75. The molecule has 100 valence electrons. The molecule has 2 aromatic rings. The van der Waals surface area contributed by atoms with Gasteiger partial charge in [-0.3, -0.25) is 4.98 Å². The lowest BCUT2D eigenvalue weighted by Crippen LogP contribution is -2.33. The average Bonchev–Trinajstić information content (AvgIpc) is 3.01. The van der Waals surface area contributed by atoms with Crippen LogP contribution in [-0.4, -0.2) is 24.2 Å². The smallest absolute Gasteiger partial charge is 0.119 e. The van der Waals surface area contributed by atoms with Gasteiger partial charge in [-0.1, -0.05) is 12.1 Å². The number of ether oxygens (including phenoxy) is 1. The largest absolute Gasteiger partial charge is 0.365 e. The Morgan fingerprint density at radius 2 is 2.16 bits per heavy atom. The van der Waals surface area contributed by atoms with E-state index in [1.54, 1.807) is 17.5 Å². The highest BCUT2D eigenvalue weighted by Crippen LogP contribution is 2.31. The molecule has 1 saturated heterocycles. The fraction of sp³-hybridized carbons (Fsp3) is 0.400. The van der Waals surface area contributed by atoms with E-state index < -0.39 is 0 Å². The number of piperidine rings is 1. The molecule has 0 radical (unpaired) electrons. The first-order valence-electron chi connectivity index (χ1n) is 6.73. The van der Waals surface area contributed by atoms with Crippen LogP contribution >= 0.6 is 11.3 Å². The quantitative estimate of drug-likeness (QED) is 0.930. The third-order valence-electron chi connectivity index (χ3n) is 3.40. The number of thiophene rings is 1. The third kappa shape index (κ3) is 3.21. The predicted octanol–water partition coefficient (Wildman–Crippen LogP) is 3.00. The third-order valence-corrected chi connectivity index (χ3v) is 4.32. The van der Waals surface area contributed by atoms with Crippen LogP contribution in [0.4, 0.5) is 0 Å². The second-order valence-electron chi connectivity index (χ2n) is 4.77. The SMILES string of the molecule is c1cncc(C(OC2CCNCC2)c2cccs2)c1. The molecule has 19 heavy (non-hydrogen) atoms. The van der Waals surface area contributed by atoms with Crippen LogP contribution < -0.4 is 5.32 Å². The summed E-state index contributed by atoms with van der Waals surface area (Å²) in [6.07, 6.45) is 6.25. The molecule has 3 nitrogen and oxygen atoms in total. The van der Waals surface area contributed by atoms with Crippen molar-refractivity contribution < 1.29 is 4.74 Å². The Kier molecular flexibility index (Phi) is 4.23. The maximum absolute atomic E-state index is 6.35. The van der Waals surface area contributed by atoms with Gasteiger partial charge in [0, 0.05) is 22.8 Å². The molecule has 1 atom stereocenters. The molecule has 0 spiro atoms. The summed E-state index contributed by atoms with van der Waals surface area (Å²) in [7, 11) is 0. The summed E-state index contributed by atoms with van der Waals surface area (Å²) in [6.45, 7) is 2.10. The van der Waals surface area contributed by atoms with E-state index in [2.05, 4.69) is 33.9 Å². The minimum absolute atomic E-state index is 0.0248. The topological polar surface area (TPSA) is 34.1 Å². The van der Waals surface area contributed by atoms with Gasteiger partial charge in [0.05, 0.1) is 6.10 Å². The van der Waals surface area contributed by atoms with E-state index in [1.807, 2.05) is 12.3 Å². The van der Waals surface area contributed by atoms with Gasteiger partial charge in [-0.05, 0) is 43.4 Å². The average molecular weight is 274 g/mol. The molecule has 1 N–H and O–H groups in total. The molecular weight excluding hydrogens is 256 g/mol. The van der Waals surface area contributed by atoms with Gasteiger partial charge in [0.15, 0.2) is 0 Å². The van der Waals surface area contributed by atoms with Crippen LogP contribution in [0.5, 0.6) is 0 Å². The zero-order valence-electron chi connectivity index (χ0n) is 10.8. The highest BCUT2D eigenvalue weighted by Gasteiger charge is 2.22. The molecule has 0 amide bonds. The Hall–Kier alpha value is -1.23. The van der Waals surface area contributed by atoms with Gasteiger partial charge < -0.3 is 10.1 Å². The lowest BCUT2D eigenvalue weighted by molar-refractivity contribution is -0.00659. The van der Waals surface area contributed by atoms with Crippen LogP contribution in [0.2, 0.25) is 0 Å². The second kappa shape index (κ2) is 6.28. The Labute approximate surface area is 117 Å². The van der Waals surface area contributed by atoms with Crippen LogP contribution in [0.15, 0.2) is 42.0 Å². The molecule has 1 aliphatic rings. The molecule has 0 aromatic carbocycles. The molecule has 1 fully saturated rings. The van der Waals surface area contributed by atoms with E-state index in [0.717, 1.165) is 31.5 Å². The van der Waals surface area contributed by atoms with Crippen molar-refractivity contribution in [2.45, 2.75) is 25.0 Å². The zero-order chi connectivity index (χ0) is 12.9. The normalized spacial score (nSPS) is 18.3. The summed E-state index contributed by atoms with van der Waals surface area (Å²) in [4.78, 5) is 5.48. The fourth-order valence-electron chi connectivity index (χ4n) is 2.41. The molecule has 3 heterocycles. The van der Waals surface area contributed by atoms with Crippen molar-refractivity contribution in [3.8, 4) is 0 Å². The van der Waals surface area contributed by atoms with Crippen molar-refractivity contribution in [3.05, 3.63) is 52.5 Å². The van der Waals surface area contributed by atoms with E-state index in [1.165, 1.54) is 4.88 Å². The molecule has 0 bridgehead atoms. The van der Waals surface area contributed by atoms with Crippen molar-refractivity contribution in [3.63, 3.8) is 0 Å². The number of aromatic nitrogens is 1. The van der Waals surface area contributed by atoms with E-state index in [9.17, 15) is 0 Å². The van der Waals surface area contributed by atoms with Crippen molar-refractivity contribution in [2.24, 2.45) is 0 Å². The highest BCUT2D eigenvalue weighted by atomic mass is 32.1. The molecule has 0 aliphatic carbocycles. The standard InChI is InChI=1S/C15H18N2OS/c1-3-12(11-17-7-1)15(14-4-2-10-19-14)18-13-5-8-16-9-6-13/h1-4,7,10-11,13,15-16H,5-6,8-9H2. The summed E-state index contributed by atoms with van der Waals surface area (Å²) < 4.78 is 6.35. The predicted molar refractivity (Wildman–Crippen MR) is 77.4 cm³/mol. The Morgan fingerprint density at radius 1 is 1.26 bits per heavy atom. The first-order chi connectivity index (χ1) is 9.43. The van der Waals surface area contributed by atoms with Crippen LogP contribution in [0.25, 0.3) is 0 Å². The van der Waals surface area contributed by atoms with Crippen LogP contribution in [0.1, 0.15) is 29.4 Å². The lowest BCUT2D eigenvalue weighted by atomic mass is 10.1. The molecular formula is C15H18N2OS. The molecule has 0 saturated carbocycles. The number of rotatable bonds is 4. The minimum atomic E-state index is 0.0248. The summed E-state index contributed by atoms with van der Waals surface area (Å²) in [5.41, 5.74) is 1.14. The number of nitrogens with one attached hydrogen (secondary N) is 1. The Morgan fingerprint density at radius 3 is 2.84 bits per heavy atom. The molecule has 1 aliphatic heterocycles. The highest BCUT2D eigenvalue weighted by molar-refractivity contribution is 7.10. The summed E-state index contributed by atoms with van der Waals surface area (Å²) in [5, 5.41) is 5.47. The van der Waals surface area contributed by atoms with Crippen molar-refractivity contribution in [1.29, 1.82) is 0 Å². The van der Waals surface area contributed by atoms with Gasteiger partial charge in [-0.2, -0.15) is 0 Å². The Bertz CT molecular complexity index is 480. The fourth-order valence-corrected chi connectivity index (χ4v) is 3.19. The van der Waals surface area contributed by atoms with Gasteiger partial charge >= 0.3 is 0 Å². The Balaban J connectivity index is 1.80. The van der Waals surface area contributed by atoms with Crippen molar-refractivity contribution in [2.75, 3.05) is 13.1 Å². The molecule has 1 unspecified atom stereocenters. The van der Waals surface area contributed by atoms with Gasteiger partial charge in [0.25, 0.3) is 0 Å². The van der Waals surface area contributed by atoms with E-state index in [4.69, 9.17) is 4.74 Å². The first-order valence-corrected chi connectivity index (χ1v) is 7.61. The zero-order valence-corrected chi connectivity index (χ0v) is 11.6. The van der Waals surface area contributed by atoms with Crippen LogP contribution in [0.3, 0.4) is 0 Å². The minimum Gasteiger partial charge on any atom is -0.365 e. The number of hydrogen-bond acceptors (Lipinski definition) is 4. The van der Waals surface area contributed by atoms with Gasteiger partial charge in [-0.25, -0.2) is 0 Å². The van der Waals surface area contributed by atoms with E-state index in [0.29, 0.717) is 6.10 Å². The number of hydrogen-bond donors (Lipinski definition) is 1. The number of nitrogens with zero attached hydrogens (tertiary/aromatic N) is 1. The molecule has 3 rings (SSSR count). The summed E-state index contributed by atoms with van der Waals surface area (Å²) in [6, 6.07) is 8.29. The monoisotopic (exact) mass is 274 g/mol. The van der Waals surface area contributed by atoms with Crippen LogP contribution in [-0.2, 0) is 4.74 Å². The lowest BCUT2D eigenvalue weighted by Gasteiger charge is -2.27. The number of pyridine rings is 1. The summed E-state index contributed by atoms with van der Waals surface area (Å²) >= 11 is 1.75. The molecule has 2 aromatic heterocycles. The molecule has 4 heteroatoms.